The van der Waals surface area contributed by atoms with E-state index in [1.54, 1.807) is 29.9 Å². The number of aromatic amines is 2. The summed E-state index contributed by atoms with van der Waals surface area (Å²) in [4.78, 5) is 24.1. The van der Waals surface area contributed by atoms with Gasteiger partial charge in [0.25, 0.3) is 0 Å². The van der Waals surface area contributed by atoms with E-state index in [1.165, 1.54) is 6.20 Å². The summed E-state index contributed by atoms with van der Waals surface area (Å²) in [6.45, 7) is 0. The molecule has 2 N–H and O–H groups in total. The molecule has 0 aliphatic carbocycles. The molecule has 0 amide bonds. The molecule has 0 unspecified atom stereocenters. The maximum atomic E-state index is 15.8. The first kappa shape index (κ1) is 19.5. The van der Waals surface area contributed by atoms with Crippen molar-refractivity contribution in [3.05, 3.63) is 60.3 Å². The molecule has 6 aromatic heterocycles. The molecule has 0 spiro atoms. The summed E-state index contributed by atoms with van der Waals surface area (Å²) in [5, 5.41) is 9.42. The number of halogens is 1. The number of aromatic nitrogens is 7. The minimum atomic E-state index is -0.432. The Hall–Kier alpha value is -4.18. The van der Waals surface area contributed by atoms with Crippen LogP contribution in [0.4, 0.5) is 10.1 Å². The number of nitrogens with zero attached hydrogens (tertiary/aromatic N) is 6. The number of fused-ring (bicyclic) bond motifs is 2. The maximum Gasteiger partial charge on any atom is 0.159 e. The van der Waals surface area contributed by atoms with Crippen molar-refractivity contribution in [3.8, 4) is 33.2 Å². The third-order valence-electron chi connectivity index (χ3n) is 5.46. The van der Waals surface area contributed by atoms with E-state index in [1.807, 2.05) is 48.6 Å². The molecular formula is C23H17FN8S. The molecule has 0 bridgehead atoms. The predicted molar refractivity (Wildman–Crippen MR) is 128 cm³/mol. The summed E-state index contributed by atoms with van der Waals surface area (Å²) < 4.78 is 15.8. The highest BCUT2D eigenvalue weighted by Crippen LogP contribution is 2.35. The Labute approximate surface area is 191 Å². The highest BCUT2D eigenvalue weighted by molar-refractivity contribution is 7.13. The predicted octanol–water partition coefficient (Wildman–Crippen LogP) is 4.89. The fourth-order valence-electron chi connectivity index (χ4n) is 3.79. The third-order valence-corrected chi connectivity index (χ3v) is 6.33. The van der Waals surface area contributed by atoms with Crippen LogP contribution in [0.3, 0.4) is 0 Å². The molecule has 0 fully saturated rings. The number of pyridine rings is 3. The van der Waals surface area contributed by atoms with E-state index in [4.69, 9.17) is 4.98 Å². The monoisotopic (exact) mass is 456 g/mol. The van der Waals surface area contributed by atoms with Crippen molar-refractivity contribution in [1.82, 2.24) is 35.1 Å². The summed E-state index contributed by atoms with van der Waals surface area (Å²) in [7, 11) is 3.82. The average Bonchev–Trinajstić information content (AvgIpc) is 3.58. The van der Waals surface area contributed by atoms with Crippen LogP contribution >= 0.6 is 11.3 Å². The number of anilines is 1. The van der Waals surface area contributed by atoms with E-state index in [0.717, 1.165) is 21.8 Å². The Morgan fingerprint density at radius 2 is 1.97 bits per heavy atom. The zero-order valence-electron chi connectivity index (χ0n) is 17.7. The Balaban J connectivity index is 1.53. The number of imidazole rings is 1. The van der Waals surface area contributed by atoms with Gasteiger partial charge in [0.2, 0.25) is 0 Å². The molecule has 0 aliphatic rings. The van der Waals surface area contributed by atoms with Gasteiger partial charge >= 0.3 is 0 Å². The van der Waals surface area contributed by atoms with Crippen LogP contribution in [0.1, 0.15) is 0 Å². The van der Waals surface area contributed by atoms with Crippen LogP contribution in [-0.2, 0) is 0 Å². The quantitative estimate of drug-likeness (QED) is 0.392. The van der Waals surface area contributed by atoms with Crippen LogP contribution in [-0.4, -0.2) is 49.2 Å². The van der Waals surface area contributed by atoms with Crippen molar-refractivity contribution in [2.24, 2.45) is 0 Å². The van der Waals surface area contributed by atoms with Gasteiger partial charge in [0, 0.05) is 43.8 Å². The molecule has 33 heavy (non-hydrogen) atoms. The van der Waals surface area contributed by atoms with E-state index in [0.29, 0.717) is 33.8 Å². The first-order chi connectivity index (χ1) is 16.1. The maximum absolute atomic E-state index is 15.8. The van der Waals surface area contributed by atoms with Gasteiger partial charge < -0.3 is 9.88 Å². The number of rotatable bonds is 4. The van der Waals surface area contributed by atoms with Gasteiger partial charge in [-0.15, -0.1) is 11.3 Å². The van der Waals surface area contributed by atoms with Crippen molar-refractivity contribution in [2.45, 2.75) is 0 Å². The summed E-state index contributed by atoms with van der Waals surface area (Å²) in [6.07, 6.45) is 6.57. The van der Waals surface area contributed by atoms with Crippen molar-refractivity contribution in [1.29, 1.82) is 0 Å². The Bertz CT molecular complexity index is 1620. The van der Waals surface area contributed by atoms with Gasteiger partial charge in [-0.2, -0.15) is 5.10 Å². The Morgan fingerprint density at radius 3 is 2.79 bits per heavy atom. The topological polar surface area (TPSA) is 99.3 Å². The summed E-state index contributed by atoms with van der Waals surface area (Å²) in [5.41, 5.74) is 4.83. The zero-order valence-corrected chi connectivity index (χ0v) is 18.5. The first-order valence-electron chi connectivity index (χ1n) is 10.1. The first-order valence-corrected chi connectivity index (χ1v) is 11.0. The molecule has 0 atom stereocenters. The summed E-state index contributed by atoms with van der Waals surface area (Å²) >= 11 is 1.59. The summed E-state index contributed by atoms with van der Waals surface area (Å²) in [5.74, 6) is 0.0126. The standard InChI is InChI=1S/C23H17FN8S/c1-32(2)13-8-12(9-25-10-13)14-11-27-22-17(18(14)24)21(30-31-22)23-28-15-5-6-26-20(19(15)29-23)16-4-3-7-33-16/h3-11H,1-2H3,(H,28,29)(H,27,30,31). The molecule has 162 valence electrons. The lowest BCUT2D eigenvalue weighted by molar-refractivity contribution is 0.642. The summed E-state index contributed by atoms with van der Waals surface area (Å²) in [6, 6.07) is 7.68. The van der Waals surface area contributed by atoms with Crippen LogP contribution in [0, 0.1) is 5.82 Å². The van der Waals surface area contributed by atoms with Gasteiger partial charge in [-0.25, -0.2) is 14.4 Å². The number of thiophene rings is 1. The van der Waals surface area contributed by atoms with E-state index < -0.39 is 5.82 Å². The number of hydrogen-bond donors (Lipinski definition) is 2. The molecule has 6 aromatic rings. The molecule has 0 aliphatic heterocycles. The second-order valence-corrected chi connectivity index (χ2v) is 8.67. The zero-order chi connectivity index (χ0) is 22.5. The van der Waals surface area contributed by atoms with Crippen LogP contribution in [0.2, 0.25) is 0 Å². The van der Waals surface area contributed by atoms with Crippen molar-refractivity contribution in [2.75, 3.05) is 19.0 Å². The van der Waals surface area contributed by atoms with Gasteiger partial charge in [-0.1, -0.05) is 6.07 Å². The third kappa shape index (κ3) is 3.14. The highest BCUT2D eigenvalue weighted by Gasteiger charge is 2.21. The Morgan fingerprint density at radius 1 is 1.06 bits per heavy atom. The Kier molecular flexibility index (Phi) is 4.40. The number of H-pyrrole nitrogens is 2. The lowest BCUT2D eigenvalue weighted by Gasteiger charge is -2.13. The van der Waals surface area contributed by atoms with Crippen LogP contribution < -0.4 is 4.90 Å². The van der Waals surface area contributed by atoms with E-state index in [9.17, 15) is 0 Å². The molecule has 0 saturated carbocycles. The van der Waals surface area contributed by atoms with Crippen molar-refractivity contribution < 1.29 is 4.39 Å². The highest BCUT2D eigenvalue weighted by atomic mass is 32.1. The van der Waals surface area contributed by atoms with Gasteiger partial charge in [0.05, 0.1) is 27.7 Å². The lowest BCUT2D eigenvalue weighted by Crippen LogP contribution is -2.08. The van der Waals surface area contributed by atoms with E-state index in [-0.39, 0.29) is 5.39 Å². The molecule has 0 radical (unpaired) electrons. The largest absolute Gasteiger partial charge is 0.376 e. The number of nitrogens with one attached hydrogen (secondary N) is 2. The second kappa shape index (κ2) is 7.45. The second-order valence-electron chi connectivity index (χ2n) is 7.73. The lowest BCUT2D eigenvalue weighted by atomic mass is 10.1. The minimum Gasteiger partial charge on any atom is -0.376 e. The van der Waals surface area contributed by atoms with E-state index in [2.05, 4.69) is 30.1 Å². The fourth-order valence-corrected chi connectivity index (χ4v) is 4.51. The van der Waals surface area contributed by atoms with Crippen LogP contribution in [0.15, 0.2) is 54.4 Å². The average molecular weight is 457 g/mol. The molecule has 6 heterocycles. The van der Waals surface area contributed by atoms with Crippen LogP contribution in [0.25, 0.3) is 55.3 Å². The molecule has 10 heteroatoms. The van der Waals surface area contributed by atoms with Gasteiger partial charge in [0.15, 0.2) is 11.5 Å². The molecular weight excluding hydrogens is 439 g/mol. The van der Waals surface area contributed by atoms with Crippen molar-refractivity contribution >= 4 is 39.1 Å². The normalized spacial score (nSPS) is 11.5. The molecule has 6 rings (SSSR count). The molecule has 8 nitrogen and oxygen atoms in total. The van der Waals surface area contributed by atoms with Gasteiger partial charge in [-0.05, 0) is 23.6 Å². The fraction of sp³-hybridized carbons (Fsp3) is 0.0870. The van der Waals surface area contributed by atoms with Crippen molar-refractivity contribution in [3.63, 3.8) is 0 Å². The molecule has 0 saturated heterocycles. The van der Waals surface area contributed by atoms with Crippen LogP contribution in [0.5, 0.6) is 0 Å². The van der Waals surface area contributed by atoms with Gasteiger partial charge in [0.1, 0.15) is 22.7 Å². The minimum absolute atomic E-state index is 0.271. The SMILES string of the molecule is CN(C)c1cncc(-c2cnc3[nH]nc(-c4nc5c(-c6cccs6)nccc5[nH]4)c3c2F)c1. The number of hydrogen-bond acceptors (Lipinski definition) is 7. The van der Waals surface area contributed by atoms with Gasteiger partial charge in [-0.3, -0.25) is 15.1 Å². The smallest absolute Gasteiger partial charge is 0.159 e. The van der Waals surface area contributed by atoms with E-state index >= 15 is 4.39 Å². The molecule has 0 aromatic carbocycles.